The molecular weight excluding hydrogens is 462 g/mol. The van der Waals surface area contributed by atoms with Crippen molar-refractivity contribution in [3.63, 3.8) is 0 Å². The third kappa shape index (κ3) is 6.44. The van der Waals surface area contributed by atoms with Crippen molar-refractivity contribution in [2.75, 3.05) is 31.6 Å². The molecule has 0 amide bonds. The Balaban J connectivity index is 0.000000220. The van der Waals surface area contributed by atoms with Crippen LogP contribution in [0.1, 0.15) is 67.4 Å². The lowest BCUT2D eigenvalue weighted by atomic mass is 9.80. The second-order valence-electron chi connectivity index (χ2n) is 9.01. The Morgan fingerprint density at radius 1 is 1.17 bits per heavy atom. The average molecular weight is 501 g/mol. The maximum Gasteiger partial charge on any atom is 0.178 e. The first-order valence-corrected chi connectivity index (χ1v) is 12.8. The highest BCUT2D eigenvalue weighted by molar-refractivity contribution is 5.81. The van der Waals surface area contributed by atoms with Crippen LogP contribution in [0.4, 0.5) is 14.5 Å². The Morgan fingerprint density at radius 3 is 2.56 bits per heavy atom. The first-order valence-electron chi connectivity index (χ1n) is 12.8. The van der Waals surface area contributed by atoms with Crippen molar-refractivity contribution in [1.29, 1.82) is 0 Å². The standard InChI is InChI=1S/C16H21N5O.C9H11F2N.C2H6/c22-11-13-9-14(15-17-12-19-21(15)10-13)20-7-4-16(5-8-20)3-1-2-6-18-16;1-12-6-8-4-2-3-7(5-10)9(8)11;1-2/h9-12,18H,1-8H2;2-4,12H,5-6H2,1H3;1-2H3. The van der Waals surface area contributed by atoms with Gasteiger partial charge >= 0.3 is 0 Å². The molecule has 0 aliphatic carbocycles. The first-order chi connectivity index (χ1) is 17.6. The van der Waals surface area contributed by atoms with Gasteiger partial charge in [0, 0.05) is 48.1 Å². The lowest BCUT2D eigenvalue weighted by Crippen LogP contribution is -2.55. The predicted octanol–water partition coefficient (Wildman–Crippen LogP) is 4.70. The lowest BCUT2D eigenvalue weighted by Gasteiger charge is -2.45. The number of carbonyl (C=O) groups excluding carboxylic acids is 1. The number of fused-ring (bicyclic) bond motifs is 1. The number of halogens is 2. The van der Waals surface area contributed by atoms with Gasteiger partial charge in [-0.2, -0.15) is 5.10 Å². The Bertz CT molecular complexity index is 1100. The molecule has 36 heavy (non-hydrogen) atoms. The summed E-state index contributed by atoms with van der Waals surface area (Å²) in [7, 11) is 1.72. The molecule has 2 fully saturated rings. The molecule has 0 saturated carbocycles. The van der Waals surface area contributed by atoms with E-state index < -0.39 is 12.5 Å². The minimum absolute atomic E-state index is 0.128. The Hall–Kier alpha value is -2.91. The van der Waals surface area contributed by atoms with Gasteiger partial charge in [-0.15, -0.1) is 0 Å². The van der Waals surface area contributed by atoms with Gasteiger partial charge in [0.15, 0.2) is 11.9 Å². The minimum atomic E-state index is -0.747. The molecule has 5 rings (SSSR count). The summed E-state index contributed by atoms with van der Waals surface area (Å²) >= 11 is 0. The Labute approximate surface area is 212 Å². The van der Waals surface area contributed by atoms with E-state index in [9.17, 15) is 13.6 Å². The zero-order valence-electron chi connectivity index (χ0n) is 21.6. The van der Waals surface area contributed by atoms with Crippen LogP contribution in [-0.4, -0.2) is 53.1 Å². The van der Waals surface area contributed by atoms with E-state index in [4.69, 9.17) is 0 Å². The molecule has 2 saturated heterocycles. The van der Waals surface area contributed by atoms with E-state index in [1.54, 1.807) is 36.2 Å². The van der Waals surface area contributed by atoms with Crippen LogP contribution in [0.25, 0.3) is 5.65 Å². The van der Waals surface area contributed by atoms with E-state index in [2.05, 4.69) is 25.6 Å². The number of anilines is 1. The summed E-state index contributed by atoms with van der Waals surface area (Å²) < 4.78 is 27.0. The highest BCUT2D eigenvalue weighted by atomic mass is 19.1. The molecular formula is C27H38F2N6O. The van der Waals surface area contributed by atoms with Crippen molar-refractivity contribution in [2.24, 2.45) is 0 Å². The second-order valence-corrected chi connectivity index (χ2v) is 9.01. The van der Waals surface area contributed by atoms with Crippen LogP contribution >= 0.6 is 0 Å². The zero-order valence-corrected chi connectivity index (χ0v) is 21.6. The molecule has 0 atom stereocenters. The van der Waals surface area contributed by atoms with Crippen LogP contribution in [0.5, 0.6) is 0 Å². The summed E-state index contributed by atoms with van der Waals surface area (Å²) in [5.41, 5.74) is 3.46. The number of carbonyl (C=O) groups is 1. The third-order valence-electron chi connectivity index (χ3n) is 6.83. The quantitative estimate of drug-likeness (QED) is 0.495. The average Bonchev–Trinajstić information content (AvgIpc) is 3.41. The maximum absolute atomic E-state index is 13.2. The molecule has 2 aromatic heterocycles. The predicted molar refractivity (Wildman–Crippen MR) is 140 cm³/mol. The topological polar surface area (TPSA) is 74.6 Å². The highest BCUT2D eigenvalue weighted by Crippen LogP contribution is 2.33. The van der Waals surface area contributed by atoms with Crippen molar-refractivity contribution < 1.29 is 13.6 Å². The SMILES string of the molecule is CC.CNCc1cccc(CF)c1F.O=Cc1cc(N2CCC3(CCCCN3)CC2)c2ncnn2c1. The fourth-order valence-electron chi connectivity index (χ4n) is 4.92. The van der Waals surface area contributed by atoms with E-state index in [1.807, 2.05) is 19.9 Å². The van der Waals surface area contributed by atoms with Gasteiger partial charge in [0.2, 0.25) is 0 Å². The van der Waals surface area contributed by atoms with Crippen molar-refractivity contribution in [2.45, 2.75) is 64.7 Å². The molecule has 0 radical (unpaired) electrons. The van der Waals surface area contributed by atoms with E-state index in [0.717, 1.165) is 50.1 Å². The molecule has 1 spiro atoms. The van der Waals surface area contributed by atoms with Crippen LogP contribution in [-0.2, 0) is 13.2 Å². The summed E-state index contributed by atoms with van der Waals surface area (Å²) in [5, 5.41) is 10.7. The number of piperidine rings is 2. The fraction of sp³-hybridized carbons (Fsp3) is 0.519. The van der Waals surface area contributed by atoms with Crippen LogP contribution in [0.3, 0.4) is 0 Å². The zero-order chi connectivity index (χ0) is 26.0. The van der Waals surface area contributed by atoms with Gasteiger partial charge in [0.05, 0.1) is 5.69 Å². The largest absolute Gasteiger partial charge is 0.368 e. The van der Waals surface area contributed by atoms with E-state index in [-0.39, 0.29) is 5.56 Å². The monoisotopic (exact) mass is 500 g/mol. The molecule has 0 unspecified atom stereocenters. The molecule has 9 heteroatoms. The van der Waals surface area contributed by atoms with Crippen LogP contribution in [0.2, 0.25) is 0 Å². The normalized spacial score (nSPS) is 16.6. The summed E-state index contributed by atoms with van der Waals surface area (Å²) in [5.74, 6) is -0.436. The number of rotatable bonds is 5. The number of nitrogens with zero attached hydrogens (tertiary/aromatic N) is 4. The fourth-order valence-corrected chi connectivity index (χ4v) is 4.92. The van der Waals surface area contributed by atoms with E-state index >= 15 is 0 Å². The summed E-state index contributed by atoms with van der Waals surface area (Å²) in [6.07, 6.45) is 10.4. The summed E-state index contributed by atoms with van der Waals surface area (Å²) in [6.45, 7) is 6.83. The van der Waals surface area contributed by atoms with Crippen LogP contribution in [0.15, 0.2) is 36.8 Å². The van der Waals surface area contributed by atoms with Crippen molar-refractivity contribution in [3.8, 4) is 0 Å². The van der Waals surface area contributed by atoms with Gasteiger partial charge in [0.1, 0.15) is 18.8 Å². The number of benzene rings is 1. The molecule has 2 aliphatic heterocycles. The number of nitrogens with one attached hydrogen (secondary N) is 2. The van der Waals surface area contributed by atoms with Gasteiger partial charge in [-0.25, -0.2) is 18.3 Å². The number of hydrogen-bond donors (Lipinski definition) is 2. The number of pyridine rings is 1. The Morgan fingerprint density at radius 2 is 1.92 bits per heavy atom. The number of alkyl halides is 1. The van der Waals surface area contributed by atoms with Gasteiger partial charge < -0.3 is 15.5 Å². The van der Waals surface area contributed by atoms with Crippen LogP contribution in [0, 0.1) is 5.82 Å². The lowest BCUT2D eigenvalue weighted by molar-refractivity contribution is 0.112. The van der Waals surface area contributed by atoms with E-state index in [1.165, 1.54) is 25.3 Å². The van der Waals surface area contributed by atoms with E-state index in [0.29, 0.717) is 23.2 Å². The summed E-state index contributed by atoms with van der Waals surface area (Å²) in [4.78, 5) is 17.9. The molecule has 0 bridgehead atoms. The van der Waals surface area contributed by atoms with Gasteiger partial charge in [-0.3, -0.25) is 4.79 Å². The molecule has 1 aromatic carbocycles. The maximum atomic E-state index is 13.2. The van der Waals surface area contributed by atoms with Crippen molar-refractivity contribution >= 4 is 17.6 Å². The molecule has 196 valence electrons. The molecule has 7 nitrogen and oxygen atoms in total. The molecule has 4 heterocycles. The number of aromatic nitrogens is 3. The van der Waals surface area contributed by atoms with Gasteiger partial charge in [-0.05, 0) is 45.3 Å². The smallest absolute Gasteiger partial charge is 0.178 e. The molecule has 2 N–H and O–H groups in total. The number of hydrogen-bond acceptors (Lipinski definition) is 6. The molecule has 3 aromatic rings. The molecule has 2 aliphatic rings. The summed E-state index contributed by atoms with van der Waals surface area (Å²) in [6, 6.07) is 6.69. The van der Waals surface area contributed by atoms with Crippen molar-refractivity contribution in [3.05, 3.63) is 59.3 Å². The Kier molecular flexibility index (Phi) is 10.3. The second kappa shape index (κ2) is 13.4. The van der Waals surface area contributed by atoms with Gasteiger partial charge in [-0.1, -0.05) is 38.5 Å². The van der Waals surface area contributed by atoms with Crippen molar-refractivity contribution in [1.82, 2.24) is 25.2 Å². The first kappa shape index (κ1) is 27.7. The third-order valence-corrected chi connectivity index (χ3v) is 6.83. The number of aldehydes is 1. The van der Waals surface area contributed by atoms with Gasteiger partial charge in [0.25, 0.3) is 0 Å². The minimum Gasteiger partial charge on any atom is -0.368 e. The highest BCUT2D eigenvalue weighted by Gasteiger charge is 2.35. The van der Waals surface area contributed by atoms with Crippen LogP contribution < -0.4 is 15.5 Å².